The summed E-state index contributed by atoms with van der Waals surface area (Å²) in [5.41, 5.74) is 1.98. The van der Waals surface area contributed by atoms with Crippen molar-refractivity contribution < 1.29 is 22.7 Å². The van der Waals surface area contributed by atoms with Crippen LogP contribution in [0.4, 0.5) is 4.39 Å². The van der Waals surface area contributed by atoms with E-state index in [0.717, 1.165) is 16.6 Å². The van der Waals surface area contributed by atoms with E-state index >= 15 is 0 Å². The van der Waals surface area contributed by atoms with Gasteiger partial charge in [0.2, 0.25) is 16.0 Å². The number of benzene rings is 1. The Balaban J connectivity index is 2.32. The Labute approximate surface area is 160 Å². The maximum Gasteiger partial charge on any atom is 0.276 e. The van der Waals surface area contributed by atoms with Crippen molar-refractivity contribution in [3.05, 3.63) is 52.6 Å². The van der Waals surface area contributed by atoms with Gasteiger partial charge in [-0.05, 0) is 31.2 Å². The van der Waals surface area contributed by atoms with Crippen molar-refractivity contribution in [2.45, 2.75) is 11.8 Å². The molecule has 1 aromatic heterocycles. The van der Waals surface area contributed by atoms with Gasteiger partial charge in [-0.25, -0.2) is 23.1 Å². The van der Waals surface area contributed by atoms with Crippen molar-refractivity contribution in [2.24, 2.45) is 5.10 Å². The maximum atomic E-state index is 13.9. The summed E-state index contributed by atoms with van der Waals surface area (Å²) in [6, 6.07) is 5.14. The van der Waals surface area contributed by atoms with E-state index in [9.17, 15) is 22.7 Å². The van der Waals surface area contributed by atoms with Crippen LogP contribution in [0.3, 0.4) is 0 Å². The molecule has 0 saturated carbocycles. The number of amides is 1. The predicted octanol–water partition coefficient (Wildman–Crippen LogP) is 1.98. The molecule has 1 amide bonds. The molecule has 0 fully saturated rings. The van der Waals surface area contributed by atoms with Crippen molar-refractivity contribution in [1.82, 2.24) is 14.7 Å². The summed E-state index contributed by atoms with van der Waals surface area (Å²) in [5.74, 6) is -2.26. The van der Waals surface area contributed by atoms with Crippen molar-refractivity contribution in [3.8, 4) is 5.75 Å². The molecule has 0 aliphatic heterocycles. The highest BCUT2D eigenvalue weighted by atomic mass is 35.5. The molecule has 0 saturated heterocycles. The number of carbonyl (C=O) groups excluding carboxylic acids is 1. The van der Waals surface area contributed by atoms with Crippen LogP contribution < -0.4 is 5.43 Å². The summed E-state index contributed by atoms with van der Waals surface area (Å²) in [7, 11) is -1.30. The number of hydrogen-bond donors (Lipinski definition) is 2. The first kappa shape index (κ1) is 20.7. The van der Waals surface area contributed by atoms with Crippen LogP contribution >= 0.6 is 11.6 Å². The van der Waals surface area contributed by atoms with Gasteiger partial charge in [-0.2, -0.15) is 9.49 Å². The van der Waals surface area contributed by atoms with Crippen molar-refractivity contribution >= 4 is 33.2 Å². The minimum atomic E-state index is -3.89. The second-order valence-corrected chi connectivity index (χ2v) is 8.18. The second-order valence-electron chi connectivity index (χ2n) is 5.60. The quantitative estimate of drug-likeness (QED) is 0.441. The van der Waals surface area contributed by atoms with E-state index in [2.05, 4.69) is 15.5 Å². The Kier molecular flexibility index (Phi) is 6.14. The smallest absolute Gasteiger partial charge is 0.276 e. The average molecular weight is 415 g/mol. The number of nitrogens with zero attached hydrogens (tertiary/aromatic N) is 3. The molecular weight excluding hydrogens is 399 g/mol. The summed E-state index contributed by atoms with van der Waals surface area (Å²) in [6.07, 6.45) is 0.819. The van der Waals surface area contributed by atoms with E-state index in [1.165, 1.54) is 39.2 Å². The molecule has 2 rings (SSSR count). The number of hydrogen-bond acceptors (Lipinski definition) is 6. The third-order valence-electron chi connectivity index (χ3n) is 3.51. The normalized spacial score (nSPS) is 12.3. The lowest BCUT2D eigenvalue weighted by atomic mass is 10.1. The zero-order chi connectivity index (χ0) is 20.4. The number of phenols is 1. The number of pyridine rings is 1. The summed E-state index contributed by atoms with van der Waals surface area (Å²) < 4.78 is 39.0. The lowest BCUT2D eigenvalue weighted by Crippen LogP contribution is -2.25. The molecule has 27 heavy (non-hydrogen) atoms. The number of phenolic OH excluding ortho intramolecular Hbond substituents is 1. The number of sulfonamides is 1. The van der Waals surface area contributed by atoms with Gasteiger partial charge in [0.05, 0.1) is 17.5 Å². The number of rotatable bonds is 5. The number of aromatic nitrogens is 1. The topological polar surface area (TPSA) is 112 Å². The Morgan fingerprint density at radius 3 is 2.59 bits per heavy atom. The molecule has 8 nitrogen and oxygen atoms in total. The zero-order valence-electron chi connectivity index (χ0n) is 14.6. The highest BCUT2D eigenvalue weighted by Crippen LogP contribution is 2.22. The van der Waals surface area contributed by atoms with Crippen LogP contribution in [0.2, 0.25) is 5.02 Å². The largest absolute Gasteiger partial charge is 0.507 e. The molecule has 0 spiro atoms. The van der Waals surface area contributed by atoms with E-state index < -0.39 is 27.4 Å². The number of aromatic hydroxyl groups is 1. The first-order valence-electron chi connectivity index (χ1n) is 7.45. The lowest BCUT2D eigenvalue weighted by Gasteiger charge is -2.12. The van der Waals surface area contributed by atoms with Crippen LogP contribution in [0.1, 0.15) is 22.8 Å². The minimum Gasteiger partial charge on any atom is -0.507 e. The Morgan fingerprint density at radius 2 is 1.96 bits per heavy atom. The van der Waals surface area contributed by atoms with Gasteiger partial charge < -0.3 is 5.11 Å². The van der Waals surface area contributed by atoms with Crippen molar-refractivity contribution in [2.75, 3.05) is 14.1 Å². The van der Waals surface area contributed by atoms with Crippen LogP contribution in [-0.4, -0.2) is 48.5 Å². The van der Waals surface area contributed by atoms with Gasteiger partial charge in [-0.15, -0.1) is 0 Å². The molecular formula is C16H16ClFN4O4S. The van der Waals surface area contributed by atoms with Crippen LogP contribution in [0.5, 0.6) is 5.75 Å². The van der Waals surface area contributed by atoms with Crippen LogP contribution in [0.15, 0.2) is 40.5 Å². The fraction of sp³-hybridized carbons (Fsp3) is 0.188. The maximum absolute atomic E-state index is 13.9. The Morgan fingerprint density at radius 1 is 1.30 bits per heavy atom. The number of carbonyl (C=O) groups is 1. The second kappa shape index (κ2) is 7.99. The van der Waals surface area contributed by atoms with Gasteiger partial charge >= 0.3 is 0 Å². The van der Waals surface area contributed by atoms with Crippen LogP contribution in [-0.2, 0) is 10.0 Å². The Bertz CT molecular complexity index is 1030. The monoisotopic (exact) mass is 414 g/mol. The fourth-order valence-corrected chi connectivity index (χ4v) is 3.04. The van der Waals surface area contributed by atoms with Gasteiger partial charge in [0.25, 0.3) is 5.91 Å². The van der Waals surface area contributed by atoms with E-state index in [1.54, 1.807) is 0 Å². The van der Waals surface area contributed by atoms with Crippen LogP contribution in [0.25, 0.3) is 0 Å². The summed E-state index contributed by atoms with van der Waals surface area (Å²) >= 11 is 5.85. The molecule has 2 N–H and O–H groups in total. The third kappa shape index (κ3) is 4.59. The van der Waals surface area contributed by atoms with Gasteiger partial charge in [-0.1, -0.05) is 11.6 Å². The molecule has 11 heteroatoms. The molecule has 2 aromatic rings. The lowest BCUT2D eigenvalue weighted by molar-refractivity contribution is 0.0949. The first-order chi connectivity index (χ1) is 12.5. The highest BCUT2D eigenvalue weighted by molar-refractivity contribution is 7.89. The van der Waals surface area contributed by atoms with Gasteiger partial charge in [0, 0.05) is 24.7 Å². The summed E-state index contributed by atoms with van der Waals surface area (Å²) in [5, 5.41) is 13.9. The van der Waals surface area contributed by atoms with Gasteiger partial charge in [0.1, 0.15) is 10.6 Å². The third-order valence-corrected chi connectivity index (χ3v) is 5.53. The van der Waals surface area contributed by atoms with E-state index in [1.807, 2.05) is 0 Å². The summed E-state index contributed by atoms with van der Waals surface area (Å²) in [6.45, 7) is 1.49. The van der Waals surface area contributed by atoms with Crippen LogP contribution in [0, 0.1) is 5.95 Å². The molecule has 1 heterocycles. The number of hydrazone groups is 1. The molecule has 0 aliphatic carbocycles. The molecule has 0 unspecified atom stereocenters. The van der Waals surface area contributed by atoms with E-state index in [4.69, 9.17) is 11.6 Å². The highest BCUT2D eigenvalue weighted by Gasteiger charge is 2.22. The van der Waals surface area contributed by atoms with Crippen molar-refractivity contribution in [3.63, 3.8) is 0 Å². The van der Waals surface area contributed by atoms with Crippen molar-refractivity contribution in [1.29, 1.82) is 0 Å². The summed E-state index contributed by atoms with van der Waals surface area (Å²) in [4.78, 5) is 15.2. The average Bonchev–Trinajstić information content (AvgIpc) is 2.61. The minimum absolute atomic E-state index is 0.109. The van der Waals surface area contributed by atoms with E-state index in [0.29, 0.717) is 5.02 Å². The molecule has 144 valence electrons. The SMILES string of the molecule is CC(=NNC(=O)c1cc(S(=O)(=O)N(C)C)cnc1F)c1cc(Cl)ccc1O. The zero-order valence-corrected chi connectivity index (χ0v) is 16.1. The van der Waals surface area contributed by atoms with E-state index in [-0.39, 0.29) is 21.9 Å². The molecule has 1 aromatic carbocycles. The van der Waals surface area contributed by atoms with Gasteiger partial charge in [-0.3, -0.25) is 4.79 Å². The molecule has 0 bridgehead atoms. The fourth-order valence-electron chi connectivity index (χ4n) is 1.99. The first-order valence-corrected chi connectivity index (χ1v) is 9.27. The van der Waals surface area contributed by atoms with Gasteiger partial charge in [0.15, 0.2) is 0 Å². The standard InChI is InChI=1S/C16H16ClFN4O4S/c1-9(12-6-10(17)4-5-14(12)23)20-21-16(24)13-7-11(8-19-15(13)18)27(25,26)22(2)3/h4-8,23H,1-3H3,(H,21,24). The molecule has 0 radical (unpaired) electrons. The molecule has 0 atom stereocenters. The predicted molar refractivity (Wildman–Crippen MR) is 97.9 cm³/mol. The number of nitrogens with one attached hydrogen (secondary N) is 1. The Hall–Kier alpha value is -2.56. The number of halogens is 2. The molecule has 0 aliphatic rings.